The topological polar surface area (TPSA) is 44.0 Å². The van der Waals surface area contributed by atoms with Gasteiger partial charge in [-0.2, -0.15) is 5.26 Å². The molecule has 0 aliphatic heterocycles. The number of aromatic hydroxyl groups is 1. The predicted molar refractivity (Wildman–Crippen MR) is 63.3 cm³/mol. The quantitative estimate of drug-likeness (QED) is 0.879. The number of benzene rings is 2. The lowest BCUT2D eigenvalue weighted by Crippen LogP contribution is -1.79. The fourth-order valence-corrected chi connectivity index (χ4v) is 2.13. The van der Waals surface area contributed by atoms with E-state index in [-0.39, 0.29) is 5.75 Å². The molecule has 1 N–H and O–H groups in total. The van der Waals surface area contributed by atoms with Crippen molar-refractivity contribution in [2.24, 2.45) is 0 Å². The second kappa shape index (κ2) is 4.89. The molecule has 4 heteroatoms. The Hall–Kier alpha value is -1.99. The van der Waals surface area contributed by atoms with Crippen LogP contribution in [0.4, 0.5) is 4.39 Å². The molecule has 2 nitrogen and oxygen atoms in total. The zero-order valence-electron chi connectivity index (χ0n) is 8.72. The Bertz CT molecular complexity index is 575. The van der Waals surface area contributed by atoms with Crippen LogP contribution in [-0.4, -0.2) is 5.11 Å². The van der Waals surface area contributed by atoms with Crippen molar-refractivity contribution in [3.05, 3.63) is 53.8 Å². The van der Waals surface area contributed by atoms with Gasteiger partial charge in [0.05, 0.1) is 11.6 Å². The van der Waals surface area contributed by atoms with Gasteiger partial charge in [0, 0.05) is 9.79 Å². The minimum atomic E-state index is -0.636. The van der Waals surface area contributed by atoms with E-state index >= 15 is 0 Å². The first-order chi connectivity index (χ1) is 8.19. The molecule has 0 aromatic heterocycles. The summed E-state index contributed by atoms with van der Waals surface area (Å²) in [5.74, 6) is -0.988. The van der Waals surface area contributed by atoms with Gasteiger partial charge >= 0.3 is 0 Å². The van der Waals surface area contributed by atoms with E-state index in [1.807, 2.05) is 6.07 Å². The zero-order valence-corrected chi connectivity index (χ0v) is 9.54. The number of phenols is 1. The van der Waals surface area contributed by atoms with Crippen LogP contribution in [0.3, 0.4) is 0 Å². The second-order valence-electron chi connectivity index (χ2n) is 3.35. The summed E-state index contributed by atoms with van der Waals surface area (Å²) in [4.78, 5) is 1.61. The summed E-state index contributed by atoms with van der Waals surface area (Å²) in [6.07, 6.45) is 0. The van der Waals surface area contributed by atoms with E-state index in [0.717, 1.165) is 4.90 Å². The lowest BCUT2D eigenvalue weighted by molar-refractivity contribution is 0.431. The van der Waals surface area contributed by atoms with Crippen LogP contribution in [0.2, 0.25) is 0 Å². The van der Waals surface area contributed by atoms with Crippen molar-refractivity contribution in [1.82, 2.24) is 0 Å². The van der Waals surface area contributed by atoms with Crippen molar-refractivity contribution in [2.75, 3.05) is 0 Å². The maximum atomic E-state index is 13.1. The molecule has 0 radical (unpaired) electrons. The second-order valence-corrected chi connectivity index (χ2v) is 4.50. The first-order valence-corrected chi connectivity index (χ1v) is 5.67. The first-order valence-electron chi connectivity index (χ1n) is 4.85. The molecular weight excluding hydrogens is 237 g/mol. The zero-order chi connectivity index (χ0) is 12.3. The molecule has 0 aliphatic carbocycles. The summed E-state index contributed by atoms with van der Waals surface area (Å²) in [5.41, 5.74) is 0.589. The molecule has 2 aromatic carbocycles. The highest BCUT2D eigenvalue weighted by Gasteiger charge is 2.03. The molecule has 0 atom stereocenters. The molecule has 0 amide bonds. The number of phenolic OH excluding ortho intramolecular Hbond substituents is 1. The van der Waals surface area contributed by atoms with Crippen molar-refractivity contribution in [3.63, 3.8) is 0 Å². The van der Waals surface area contributed by atoms with E-state index in [2.05, 4.69) is 0 Å². The minimum absolute atomic E-state index is 0.353. The van der Waals surface area contributed by atoms with Crippen molar-refractivity contribution in [2.45, 2.75) is 9.79 Å². The normalized spacial score (nSPS) is 9.88. The van der Waals surface area contributed by atoms with Crippen LogP contribution in [0.1, 0.15) is 5.56 Å². The molecule has 0 unspecified atom stereocenters. The van der Waals surface area contributed by atoms with Gasteiger partial charge in [-0.05, 0) is 42.5 Å². The van der Waals surface area contributed by atoms with E-state index in [4.69, 9.17) is 10.4 Å². The van der Waals surface area contributed by atoms with Crippen LogP contribution >= 0.6 is 11.8 Å². The summed E-state index contributed by atoms with van der Waals surface area (Å²) in [6.45, 7) is 0. The Morgan fingerprint density at radius 1 is 1.06 bits per heavy atom. The first kappa shape index (κ1) is 11.5. The van der Waals surface area contributed by atoms with E-state index < -0.39 is 5.82 Å². The number of hydrogen-bond acceptors (Lipinski definition) is 3. The monoisotopic (exact) mass is 245 g/mol. The number of rotatable bonds is 2. The Balaban J connectivity index is 2.20. The third-order valence-corrected chi connectivity index (χ3v) is 3.14. The van der Waals surface area contributed by atoms with E-state index in [1.54, 1.807) is 30.3 Å². The van der Waals surface area contributed by atoms with Gasteiger partial charge in [-0.25, -0.2) is 4.39 Å². The molecule has 0 spiro atoms. The molecule has 0 saturated heterocycles. The maximum absolute atomic E-state index is 13.1. The van der Waals surface area contributed by atoms with Crippen LogP contribution in [0.25, 0.3) is 0 Å². The van der Waals surface area contributed by atoms with Gasteiger partial charge in [0.1, 0.15) is 0 Å². The number of nitrogens with zero attached hydrogens (tertiary/aromatic N) is 1. The molecule has 0 heterocycles. The van der Waals surface area contributed by atoms with Crippen LogP contribution < -0.4 is 0 Å². The SMILES string of the molecule is N#Cc1ccc(Sc2ccc(O)c(F)c2)cc1. The van der Waals surface area contributed by atoms with Crippen LogP contribution in [0.5, 0.6) is 5.75 Å². The highest BCUT2D eigenvalue weighted by Crippen LogP contribution is 2.30. The van der Waals surface area contributed by atoms with Crippen molar-refractivity contribution >= 4 is 11.8 Å². The Morgan fingerprint density at radius 2 is 1.71 bits per heavy atom. The van der Waals surface area contributed by atoms with Gasteiger partial charge in [-0.3, -0.25) is 0 Å². The smallest absolute Gasteiger partial charge is 0.165 e. The van der Waals surface area contributed by atoms with Gasteiger partial charge in [0.25, 0.3) is 0 Å². The van der Waals surface area contributed by atoms with Crippen LogP contribution in [-0.2, 0) is 0 Å². The Labute approximate surface area is 102 Å². The van der Waals surface area contributed by atoms with E-state index in [9.17, 15) is 4.39 Å². The lowest BCUT2D eigenvalue weighted by Gasteiger charge is -2.02. The Morgan fingerprint density at radius 3 is 2.29 bits per heavy atom. The third-order valence-electron chi connectivity index (χ3n) is 2.14. The van der Waals surface area contributed by atoms with Crippen molar-refractivity contribution < 1.29 is 9.50 Å². The number of halogens is 1. The largest absolute Gasteiger partial charge is 0.505 e. The third kappa shape index (κ3) is 2.77. The molecule has 84 valence electrons. The van der Waals surface area contributed by atoms with Crippen molar-refractivity contribution in [3.8, 4) is 11.8 Å². The van der Waals surface area contributed by atoms with Gasteiger partial charge in [-0.1, -0.05) is 11.8 Å². The summed E-state index contributed by atoms with van der Waals surface area (Å²) >= 11 is 1.37. The van der Waals surface area contributed by atoms with E-state index in [1.165, 1.54) is 23.9 Å². The molecule has 0 aliphatic rings. The maximum Gasteiger partial charge on any atom is 0.165 e. The minimum Gasteiger partial charge on any atom is -0.505 e. The number of nitriles is 1. The summed E-state index contributed by atoms with van der Waals surface area (Å²) < 4.78 is 13.1. The highest BCUT2D eigenvalue weighted by atomic mass is 32.2. The summed E-state index contributed by atoms with van der Waals surface area (Å²) in [5, 5.41) is 17.7. The van der Waals surface area contributed by atoms with Crippen LogP contribution in [0.15, 0.2) is 52.3 Å². The molecule has 17 heavy (non-hydrogen) atoms. The fourth-order valence-electron chi connectivity index (χ4n) is 1.28. The van der Waals surface area contributed by atoms with Crippen molar-refractivity contribution in [1.29, 1.82) is 5.26 Å². The van der Waals surface area contributed by atoms with Gasteiger partial charge in [0.2, 0.25) is 0 Å². The molecule has 2 aromatic rings. The summed E-state index contributed by atoms with van der Waals surface area (Å²) in [6, 6.07) is 13.3. The van der Waals surface area contributed by atoms with Gasteiger partial charge in [0.15, 0.2) is 11.6 Å². The van der Waals surface area contributed by atoms with Crippen LogP contribution in [0, 0.1) is 17.1 Å². The highest BCUT2D eigenvalue weighted by molar-refractivity contribution is 7.99. The van der Waals surface area contributed by atoms with Gasteiger partial charge < -0.3 is 5.11 Å². The molecule has 0 bridgehead atoms. The number of hydrogen-bond donors (Lipinski definition) is 1. The van der Waals surface area contributed by atoms with Gasteiger partial charge in [-0.15, -0.1) is 0 Å². The fraction of sp³-hybridized carbons (Fsp3) is 0. The lowest BCUT2D eigenvalue weighted by atomic mass is 10.2. The van der Waals surface area contributed by atoms with E-state index in [0.29, 0.717) is 10.5 Å². The predicted octanol–water partition coefficient (Wildman–Crippen LogP) is 3.55. The molecule has 2 rings (SSSR count). The average molecular weight is 245 g/mol. The average Bonchev–Trinajstić information content (AvgIpc) is 2.35. The summed E-state index contributed by atoms with van der Waals surface area (Å²) in [7, 11) is 0. The molecule has 0 saturated carbocycles. The Kier molecular flexibility index (Phi) is 3.31. The standard InChI is InChI=1S/C13H8FNOS/c14-12-7-11(5-6-13(12)16)17-10-3-1-9(8-15)2-4-10/h1-7,16H. The molecular formula is C13H8FNOS. The molecule has 0 fully saturated rings.